The summed E-state index contributed by atoms with van der Waals surface area (Å²) >= 11 is 0. The van der Waals surface area contributed by atoms with Crippen molar-refractivity contribution < 1.29 is 18.3 Å². The van der Waals surface area contributed by atoms with E-state index in [0.717, 1.165) is 12.6 Å². The molecule has 0 bridgehead atoms. The minimum atomic E-state index is -4.30. The Morgan fingerprint density at radius 1 is 1.25 bits per heavy atom. The molecule has 1 aromatic rings. The highest BCUT2D eigenvalue weighted by Gasteiger charge is 2.31. The van der Waals surface area contributed by atoms with Crippen LogP contribution in [-0.4, -0.2) is 29.2 Å². The Bertz CT molecular complexity index is 432. The van der Waals surface area contributed by atoms with E-state index in [1.165, 1.54) is 6.07 Å². The van der Waals surface area contributed by atoms with Crippen LogP contribution in [0, 0.1) is 6.92 Å². The summed E-state index contributed by atoms with van der Waals surface area (Å²) < 4.78 is 38.0. The highest BCUT2D eigenvalue weighted by molar-refractivity contribution is 5.31. The van der Waals surface area contributed by atoms with Crippen molar-refractivity contribution in [1.29, 1.82) is 0 Å². The lowest BCUT2D eigenvalue weighted by Crippen LogP contribution is -2.21. The Morgan fingerprint density at radius 2 is 1.90 bits per heavy atom. The van der Waals surface area contributed by atoms with Crippen molar-refractivity contribution >= 4 is 0 Å². The van der Waals surface area contributed by atoms with Crippen molar-refractivity contribution in [3.05, 3.63) is 34.9 Å². The van der Waals surface area contributed by atoms with E-state index >= 15 is 0 Å². The first-order valence-electron chi connectivity index (χ1n) is 6.93. The van der Waals surface area contributed by atoms with Crippen molar-refractivity contribution in [2.24, 2.45) is 0 Å². The first-order valence-corrected chi connectivity index (χ1v) is 6.93. The Kier molecular flexibility index (Phi) is 6.02. The summed E-state index contributed by atoms with van der Waals surface area (Å²) in [6.45, 7) is 7.39. The van der Waals surface area contributed by atoms with Crippen LogP contribution in [0.5, 0.6) is 0 Å². The van der Waals surface area contributed by atoms with Gasteiger partial charge in [-0.15, -0.1) is 0 Å². The molecule has 20 heavy (non-hydrogen) atoms. The number of hydrogen-bond donors (Lipinski definition) is 1. The summed E-state index contributed by atoms with van der Waals surface area (Å²) in [5.41, 5.74) is 0.660. The van der Waals surface area contributed by atoms with E-state index < -0.39 is 11.7 Å². The Balaban J connectivity index is 0.000000956. The number of benzene rings is 1. The van der Waals surface area contributed by atoms with E-state index in [1.54, 1.807) is 13.0 Å². The third-order valence-electron chi connectivity index (χ3n) is 3.12. The minimum absolute atomic E-state index is 0.350. The van der Waals surface area contributed by atoms with Gasteiger partial charge < -0.3 is 5.11 Å². The van der Waals surface area contributed by atoms with Crippen molar-refractivity contribution in [1.82, 2.24) is 4.90 Å². The first-order chi connectivity index (χ1) is 9.34. The second-order valence-electron chi connectivity index (χ2n) is 4.88. The molecule has 0 radical (unpaired) electrons. The van der Waals surface area contributed by atoms with E-state index in [1.807, 2.05) is 18.7 Å². The number of halogens is 3. The summed E-state index contributed by atoms with van der Waals surface area (Å²) in [6.07, 6.45) is -3.96. The predicted octanol–water partition coefficient (Wildman–Crippen LogP) is 3.61. The molecule has 1 fully saturated rings. The number of alkyl halides is 3. The molecule has 1 saturated heterocycles. The number of β-amino-alcohol motifs (C(OH)–C–C–N with tert-alkyl or cyclic N) is 1. The number of aliphatic hydroxyl groups excluding tert-OH is 1. The zero-order valence-electron chi connectivity index (χ0n) is 12.2. The largest absolute Gasteiger partial charge is 0.416 e. The van der Waals surface area contributed by atoms with Crippen LogP contribution in [-0.2, 0) is 12.7 Å². The average molecular weight is 289 g/mol. The van der Waals surface area contributed by atoms with Gasteiger partial charge in [0.15, 0.2) is 0 Å². The maximum Gasteiger partial charge on any atom is 0.416 e. The first kappa shape index (κ1) is 17.0. The molecule has 2 nitrogen and oxygen atoms in total. The van der Waals surface area contributed by atoms with Gasteiger partial charge in [-0.05, 0) is 31.0 Å². The molecule has 1 aliphatic heterocycles. The number of likely N-dealkylation sites (tertiary alicyclic amines) is 1. The van der Waals surface area contributed by atoms with Crippen LogP contribution in [0.25, 0.3) is 0 Å². The van der Waals surface area contributed by atoms with Gasteiger partial charge in [0.05, 0.1) is 11.7 Å². The lowest BCUT2D eigenvalue weighted by molar-refractivity contribution is -0.137. The van der Waals surface area contributed by atoms with Gasteiger partial charge in [-0.3, -0.25) is 4.90 Å². The molecule has 5 heteroatoms. The van der Waals surface area contributed by atoms with Crippen molar-refractivity contribution in [2.45, 2.75) is 46.0 Å². The summed E-state index contributed by atoms with van der Waals surface area (Å²) in [5.74, 6) is 0. The fourth-order valence-corrected chi connectivity index (χ4v) is 2.33. The molecule has 1 aliphatic rings. The molecule has 1 aromatic carbocycles. The number of aryl methyl sites for hydroxylation is 1. The van der Waals surface area contributed by atoms with Gasteiger partial charge in [-0.25, -0.2) is 0 Å². The van der Waals surface area contributed by atoms with E-state index in [-0.39, 0.29) is 6.10 Å². The predicted molar refractivity (Wildman–Crippen MR) is 73.4 cm³/mol. The number of aliphatic hydroxyl groups is 1. The average Bonchev–Trinajstić information content (AvgIpc) is 2.75. The van der Waals surface area contributed by atoms with E-state index in [2.05, 4.69) is 0 Å². The molecule has 1 atom stereocenters. The molecule has 1 N–H and O–H groups in total. The molecule has 0 aliphatic carbocycles. The van der Waals surface area contributed by atoms with Crippen molar-refractivity contribution in [2.75, 3.05) is 13.1 Å². The molecule has 0 aromatic heterocycles. The maximum atomic E-state index is 12.7. The highest BCUT2D eigenvalue weighted by atomic mass is 19.4. The lowest BCUT2D eigenvalue weighted by Gasteiger charge is -2.17. The second kappa shape index (κ2) is 7.09. The van der Waals surface area contributed by atoms with Crippen molar-refractivity contribution in [3.63, 3.8) is 0 Å². The Morgan fingerprint density at radius 3 is 2.40 bits per heavy atom. The molecule has 1 heterocycles. The quantitative estimate of drug-likeness (QED) is 0.899. The maximum absolute atomic E-state index is 12.7. The van der Waals surface area contributed by atoms with Crippen LogP contribution in [0.3, 0.4) is 0 Å². The van der Waals surface area contributed by atoms with Gasteiger partial charge >= 0.3 is 6.18 Å². The van der Waals surface area contributed by atoms with E-state index in [9.17, 15) is 18.3 Å². The number of hydrogen-bond acceptors (Lipinski definition) is 2. The van der Waals surface area contributed by atoms with Crippen LogP contribution in [0.2, 0.25) is 0 Å². The molecule has 0 amide bonds. The van der Waals surface area contributed by atoms with Crippen molar-refractivity contribution in [3.8, 4) is 0 Å². The third kappa shape index (κ3) is 4.80. The zero-order chi connectivity index (χ0) is 15.3. The van der Waals surface area contributed by atoms with Crippen LogP contribution < -0.4 is 0 Å². The molecule has 114 valence electrons. The van der Waals surface area contributed by atoms with Gasteiger partial charge in [0.2, 0.25) is 0 Å². The van der Waals surface area contributed by atoms with Gasteiger partial charge in [-0.1, -0.05) is 25.5 Å². The topological polar surface area (TPSA) is 23.5 Å². The summed E-state index contributed by atoms with van der Waals surface area (Å²) in [6, 6.07) is 4.11. The van der Waals surface area contributed by atoms with Crippen LogP contribution in [0.1, 0.15) is 37.0 Å². The molecular weight excluding hydrogens is 267 g/mol. The third-order valence-corrected chi connectivity index (χ3v) is 3.12. The van der Waals surface area contributed by atoms with E-state index in [0.29, 0.717) is 30.6 Å². The highest BCUT2D eigenvalue weighted by Crippen LogP contribution is 2.31. The normalized spacial score (nSPS) is 19.6. The zero-order valence-corrected chi connectivity index (χ0v) is 12.2. The second-order valence-corrected chi connectivity index (χ2v) is 4.88. The molecule has 0 saturated carbocycles. The molecule has 0 spiro atoms. The fraction of sp³-hybridized carbons (Fsp3) is 0.600. The summed E-state index contributed by atoms with van der Waals surface area (Å²) in [5, 5.41) is 9.39. The van der Waals surface area contributed by atoms with Gasteiger partial charge in [0.1, 0.15) is 0 Å². The smallest absolute Gasteiger partial charge is 0.392 e. The fourth-order valence-electron chi connectivity index (χ4n) is 2.33. The summed E-state index contributed by atoms with van der Waals surface area (Å²) in [7, 11) is 0. The van der Waals surface area contributed by atoms with Crippen LogP contribution >= 0.6 is 0 Å². The number of nitrogens with zero attached hydrogens (tertiary/aromatic N) is 1. The van der Waals surface area contributed by atoms with Crippen LogP contribution in [0.4, 0.5) is 13.2 Å². The molecule has 2 rings (SSSR count). The molecular formula is C15H22F3NO. The Hall–Kier alpha value is -1.07. The standard InChI is InChI=1S/C13H16F3NO.C2H6/c1-9-4-10(6-11(5-9)13(14,15)16)7-17-3-2-12(18)8-17;1-2/h4-6,12,18H,2-3,7-8H2,1H3;1-2H3/t12-;/m1./s1. The minimum Gasteiger partial charge on any atom is -0.392 e. The number of rotatable bonds is 2. The summed E-state index contributed by atoms with van der Waals surface area (Å²) in [4.78, 5) is 1.97. The van der Waals surface area contributed by atoms with Gasteiger partial charge in [0.25, 0.3) is 0 Å². The van der Waals surface area contributed by atoms with Crippen LogP contribution in [0.15, 0.2) is 18.2 Å². The lowest BCUT2D eigenvalue weighted by atomic mass is 10.1. The van der Waals surface area contributed by atoms with Gasteiger partial charge in [-0.2, -0.15) is 13.2 Å². The molecule has 0 unspecified atom stereocenters. The SMILES string of the molecule is CC.Cc1cc(CN2CC[C@@H](O)C2)cc(C(F)(F)F)c1. The monoisotopic (exact) mass is 289 g/mol. The Labute approximate surface area is 118 Å². The van der Waals surface area contributed by atoms with E-state index in [4.69, 9.17) is 0 Å². The van der Waals surface area contributed by atoms with Gasteiger partial charge in [0, 0.05) is 19.6 Å².